The molecule has 1 saturated heterocycles. The van der Waals surface area contributed by atoms with Crippen molar-refractivity contribution < 1.29 is 4.79 Å². The first-order chi connectivity index (χ1) is 8.99. The summed E-state index contributed by atoms with van der Waals surface area (Å²) in [7, 11) is 0. The molecule has 2 unspecified atom stereocenters. The van der Waals surface area contributed by atoms with Gasteiger partial charge < -0.3 is 11.5 Å². The fraction of sp³-hybridized carbons (Fsp3) is 0.533. The Balaban J connectivity index is 1.82. The lowest BCUT2D eigenvalue weighted by Gasteiger charge is -2.27. The quantitative estimate of drug-likeness (QED) is 0.790. The van der Waals surface area contributed by atoms with Crippen molar-refractivity contribution in [3.8, 4) is 0 Å². The zero-order valence-electron chi connectivity index (χ0n) is 11.4. The minimum absolute atomic E-state index is 0.175. The molecular formula is C15H21N3O. The number of rotatable bonds is 2. The molecule has 2 aliphatic rings. The van der Waals surface area contributed by atoms with Gasteiger partial charge in [0.1, 0.15) is 0 Å². The Morgan fingerprint density at radius 2 is 2.26 bits per heavy atom. The molecule has 0 saturated carbocycles. The predicted molar refractivity (Wildman–Crippen MR) is 75.4 cm³/mol. The average Bonchev–Trinajstić information content (AvgIpc) is 2.93. The number of hydrogen-bond acceptors (Lipinski definition) is 3. The second-order valence-electron chi connectivity index (χ2n) is 6.16. The van der Waals surface area contributed by atoms with E-state index in [0.29, 0.717) is 6.04 Å². The van der Waals surface area contributed by atoms with Gasteiger partial charge in [0.25, 0.3) is 0 Å². The molecule has 0 spiro atoms. The van der Waals surface area contributed by atoms with E-state index in [2.05, 4.69) is 17.0 Å². The Labute approximate surface area is 113 Å². The minimum Gasteiger partial charge on any atom is -0.399 e. The second-order valence-corrected chi connectivity index (χ2v) is 6.16. The number of nitrogen functional groups attached to an aromatic ring is 1. The standard InChI is InChI=1S/C15H21N3O/c1-15(14(17)19)6-7-18(9-15)13-5-2-10-8-11(16)3-4-12(10)13/h3-4,8,13H,2,5-7,9,16H2,1H3,(H2,17,19). The molecule has 102 valence electrons. The van der Waals surface area contributed by atoms with E-state index in [9.17, 15) is 4.79 Å². The monoisotopic (exact) mass is 259 g/mol. The topological polar surface area (TPSA) is 72.4 Å². The van der Waals surface area contributed by atoms with Crippen LogP contribution < -0.4 is 11.5 Å². The van der Waals surface area contributed by atoms with Gasteiger partial charge in [0.05, 0.1) is 5.41 Å². The Morgan fingerprint density at radius 1 is 1.47 bits per heavy atom. The van der Waals surface area contributed by atoms with E-state index < -0.39 is 0 Å². The van der Waals surface area contributed by atoms with Gasteiger partial charge in [-0.3, -0.25) is 9.69 Å². The van der Waals surface area contributed by atoms with E-state index in [4.69, 9.17) is 11.5 Å². The Bertz CT molecular complexity index is 528. The lowest BCUT2D eigenvalue weighted by molar-refractivity contribution is -0.126. The highest BCUT2D eigenvalue weighted by molar-refractivity contribution is 5.81. The molecule has 1 aromatic carbocycles. The number of anilines is 1. The van der Waals surface area contributed by atoms with Gasteiger partial charge in [-0.25, -0.2) is 0 Å². The van der Waals surface area contributed by atoms with Crippen molar-refractivity contribution in [2.24, 2.45) is 11.1 Å². The average molecular weight is 259 g/mol. The van der Waals surface area contributed by atoms with Crippen molar-refractivity contribution in [1.82, 2.24) is 4.90 Å². The number of fused-ring (bicyclic) bond motifs is 1. The first-order valence-corrected chi connectivity index (χ1v) is 6.92. The first-order valence-electron chi connectivity index (χ1n) is 6.92. The Kier molecular flexibility index (Phi) is 2.78. The summed E-state index contributed by atoms with van der Waals surface area (Å²) in [6.45, 7) is 3.71. The number of nitrogens with two attached hydrogens (primary N) is 2. The van der Waals surface area contributed by atoms with Crippen LogP contribution >= 0.6 is 0 Å². The van der Waals surface area contributed by atoms with Gasteiger partial charge in [-0.05, 0) is 56.0 Å². The molecule has 1 heterocycles. The summed E-state index contributed by atoms with van der Waals surface area (Å²) in [4.78, 5) is 14.0. The minimum atomic E-state index is -0.365. The number of aryl methyl sites for hydroxylation is 1. The predicted octanol–water partition coefficient (Wildman–Crippen LogP) is 1.45. The fourth-order valence-corrected chi connectivity index (χ4v) is 3.46. The third kappa shape index (κ3) is 2.00. The third-order valence-electron chi connectivity index (χ3n) is 4.75. The maximum Gasteiger partial charge on any atom is 0.224 e. The van der Waals surface area contributed by atoms with Gasteiger partial charge in [0.15, 0.2) is 0 Å². The van der Waals surface area contributed by atoms with Crippen LogP contribution in [0.5, 0.6) is 0 Å². The summed E-state index contributed by atoms with van der Waals surface area (Å²) in [6.07, 6.45) is 3.06. The van der Waals surface area contributed by atoms with Crippen LogP contribution in [0.2, 0.25) is 0 Å². The molecule has 1 aliphatic carbocycles. The van der Waals surface area contributed by atoms with Crippen molar-refractivity contribution in [3.63, 3.8) is 0 Å². The highest BCUT2D eigenvalue weighted by Gasteiger charge is 2.42. The van der Waals surface area contributed by atoms with E-state index in [0.717, 1.165) is 38.0 Å². The van der Waals surface area contributed by atoms with Crippen LogP contribution in [-0.4, -0.2) is 23.9 Å². The van der Waals surface area contributed by atoms with Crippen molar-refractivity contribution >= 4 is 11.6 Å². The van der Waals surface area contributed by atoms with Crippen LogP contribution in [0, 0.1) is 5.41 Å². The van der Waals surface area contributed by atoms with Crippen molar-refractivity contribution in [1.29, 1.82) is 0 Å². The molecule has 4 heteroatoms. The third-order valence-corrected chi connectivity index (χ3v) is 4.75. The summed E-state index contributed by atoms with van der Waals surface area (Å²) >= 11 is 0. The maximum absolute atomic E-state index is 11.6. The second kappa shape index (κ2) is 4.23. The molecule has 0 aromatic heterocycles. The summed E-state index contributed by atoms with van der Waals surface area (Å²) in [5.74, 6) is -0.175. The number of carbonyl (C=O) groups excluding carboxylic acids is 1. The zero-order chi connectivity index (χ0) is 13.6. The van der Waals surface area contributed by atoms with Crippen LogP contribution in [0.3, 0.4) is 0 Å². The van der Waals surface area contributed by atoms with Crippen molar-refractivity contribution in [2.75, 3.05) is 18.8 Å². The number of amides is 1. The van der Waals surface area contributed by atoms with Gasteiger partial charge in [0.2, 0.25) is 5.91 Å². The van der Waals surface area contributed by atoms with Crippen LogP contribution in [0.15, 0.2) is 18.2 Å². The molecule has 1 aliphatic heterocycles. The Hall–Kier alpha value is -1.55. The number of likely N-dealkylation sites (tertiary alicyclic amines) is 1. The molecule has 3 rings (SSSR count). The SMILES string of the molecule is CC1(C(N)=O)CCN(C2CCc3cc(N)ccc32)C1. The van der Waals surface area contributed by atoms with Crippen molar-refractivity contribution in [3.05, 3.63) is 29.3 Å². The van der Waals surface area contributed by atoms with Crippen LogP contribution in [0.1, 0.15) is 36.9 Å². The molecule has 4 nitrogen and oxygen atoms in total. The van der Waals surface area contributed by atoms with E-state index in [1.165, 1.54) is 11.1 Å². The smallest absolute Gasteiger partial charge is 0.224 e. The van der Waals surface area contributed by atoms with E-state index in [1.807, 2.05) is 13.0 Å². The first kappa shape index (κ1) is 12.5. The normalized spacial score (nSPS) is 30.5. The van der Waals surface area contributed by atoms with Crippen molar-refractivity contribution in [2.45, 2.75) is 32.2 Å². The summed E-state index contributed by atoms with van der Waals surface area (Å²) in [6, 6.07) is 6.62. The van der Waals surface area contributed by atoms with Crippen LogP contribution in [-0.2, 0) is 11.2 Å². The molecular weight excluding hydrogens is 238 g/mol. The molecule has 1 aromatic rings. The van der Waals surface area contributed by atoms with E-state index in [1.54, 1.807) is 0 Å². The van der Waals surface area contributed by atoms with Crippen LogP contribution in [0.25, 0.3) is 0 Å². The lowest BCUT2D eigenvalue weighted by Crippen LogP contribution is -2.37. The van der Waals surface area contributed by atoms with Gasteiger partial charge >= 0.3 is 0 Å². The number of benzene rings is 1. The number of carbonyl (C=O) groups is 1. The number of nitrogens with zero attached hydrogens (tertiary/aromatic N) is 1. The molecule has 1 amide bonds. The molecule has 19 heavy (non-hydrogen) atoms. The van der Waals surface area contributed by atoms with Gasteiger partial charge in [0, 0.05) is 18.3 Å². The number of primary amides is 1. The van der Waals surface area contributed by atoms with Gasteiger partial charge in [-0.2, -0.15) is 0 Å². The fourth-order valence-electron chi connectivity index (χ4n) is 3.46. The Morgan fingerprint density at radius 3 is 2.95 bits per heavy atom. The largest absolute Gasteiger partial charge is 0.399 e. The molecule has 2 atom stereocenters. The van der Waals surface area contributed by atoms with Crippen LogP contribution in [0.4, 0.5) is 5.69 Å². The summed E-state index contributed by atoms with van der Waals surface area (Å²) < 4.78 is 0. The summed E-state index contributed by atoms with van der Waals surface area (Å²) in [5.41, 5.74) is 14.6. The highest BCUT2D eigenvalue weighted by atomic mass is 16.1. The molecule has 0 bridgehead atoms. The zero-order valence-corrected chi connectivity index (χ0v) is 11.4. The highest BCUT2D eigenvalue weighted by Crippen LogP contribution is 2.41. The van der Waals surface area contributed by atoms with E-state index >= 15 is 0 Å². The van der Waals surface area contributed by atoms with E-state index in [-0.39, 0.29) is 11.3 Å². The molecule has 0 radical (unpaired) electrons. The van der Waals surface area contributed by atoms with Gasteiger partial charge in [-0.1, -0.05) is 6.07 Å². The number of hydrogen-bond donors (Lipinski definition) is 2. The van der Waals surface area contributed by atoms with Gasteiger partial charge in [-0.15, -0.1) is 0 Å². The summed E-state index contributed by atoms with van der Waals surface area (Å²) in [5, 5.41) is 0. The lowest BCUT2D eigenvalue weighted by atomic mass is 9.89. The molecule has 1 fully saturated rings. The molecule has 4 N–H and O–H groups in total. The maximum atomic E-state index is 11.6.